The van der Waals surface area contributed by atoms with Crippen molar-refractivity contribution in [3.8, 4) is 22.6 Å². The SMILES string of the molecule is Cn1ccc(Oc2ccc3c(N)ncnc3c2-c2cccc(Cl)c2)cc1=O. The summed E-state index contributed by atoms with van der Waals surface area (Å²) >= 11 is 6.19. The fourth-order valence-corrected chi connectivity index (χ4v) is 3.05. The average Bonchev–Trinajstić information content (AvgIpc) is 2.65. The molecule has 2 aromatic carbocycles. The van der Waals surface area contributed by atoms with E-state index in [1.165, 1.54) is 17.0 Å². The molecule has 0 spiro atoms. The van der Waals surface area contributed by atoms with E-state index < -0.39 is 0 Å². The predicted molar refractivity (Wildman–Crippen MR) is 106 cm³/mol. The Kier molecular flexibility index (Phi) is 4.25. The average molecular weight is 379 g/mol. The second-order valence-corrected chi connectivity index (χ2v) is 6.45. The van der Waals surface area contributed by atoms with Crippen LogP contribution in [0, 0.1) is 0 Å². The summed E-state index contributed by atoms with van der Waals surface area (Å²) in [4.78, 5) is 20.4. The minimum atomic E-state index is -0.163. The molecule has 0 saturated carbocycles. The number of halogens is 1. The van der Waals surface area contributed by atoms with Gasteiger partial charge in [-0.05, 0) is 35.9 Å². The molecule has 0 atom stereocenters. The third-order valence-corrected chi connectivity index (χ3v) is 4.45. The van der Waals surface area contributed by atoms with Gasteiger partial charge in [0.15, 0.2) is 0 Å². The van der Waals surface area contributed by atoms with Crippen LogP contribution in [0.3, 0.4) is 0 Å². The van der Waals surface area contributed by atoms with Crippen molar-refractivity contribution in [2.24, 2.45) is 7.05 Å². The molecular weight excluding hydrogens is 364 g/mol. The summed E-state index contributed by atoms with van der Waals surface area (Å²) in [5.41, 5.74) is 8.04. The lowest BCUT2D eigenvalue weighted by Crippen LogP contribution is -2.13. The van der Waals surface area contributed by atoms with Crippen LogP contribution in [-0.2, 0) is 7.05 Å². The molecule has 0 aliphatic carbocycles. The van der Waals surface area contributed by atoms with Gasteiger partial charge in [-0.25, -0.2) is 9.97 Å². The van der Waals surface area contributed by atoms with Gasteiger partial charge in [0.2, 0.25) is 0 Å². The minimum Gasteiger partial charge on any atom is -0.456 e. The number of hydrogen-bond donors (Lipinski definition) is 1. The Morgan fingerprint density at radius 3 is 2.74 bits per heavy atom. The monoisotopic (exact) mass is 378 g/mol. The molecule has 27 heavy (non-hydrogen) atoms. The number of ether oxygens (including phenoxy) is 1. The number of pyridine rings is 1. The van der Waals surface area contributed by atoms with Crippen LogP contribution in [0.4, 0.5) is 5.82 Å². The van der Waals surface area contributed by atoms with E-state index in [9.17, 15) is 4.79 Å². The molecule has 2 N–H and O–H groups in total. The zero-order valence-corrected chi connectivity index (χ0v) is 15.1. The number of rotatable bonds is 3. The van der Waals surface area contributed by atoms with Crippen molar-refractivity contribution >= 4 is 28.3 Å². The number of anilines is 1. The molecule has 2 heterocycles. The maximum atomic E-state index is 11.9. The van der Waals surface area contributed by atoms with Gasteiger partial charge in [0.05, 0.1) is 11.1 Å². The number of hydrogen-bond acceptors (Lipinski definition) is 5. The van der Waals surface area contributed by atoms with Gasteiger partial charge in [0, 0.05) is 29.7 Å². The van der Waals surface area contributed by atoms with Crippen molar-refractivity contribution in [3.63, 3.8) is 0 Å². The molecule has 0 unspecified atom stereocenters. The van der Waals surface area contributed by atoms with Crippen molar-refractivity contribution in [1.82, 2.24) is 14.5 Å². The van der Waals surface area contributed by atoms with Gasteiger partial charge in [-0.15, -0.1) is 0 Å². The molecule has 0 radical (unpaired) electrons. The van der Waals surface area contributed by atoms with E-state index in [-0.39, 0.29) is 5.56 Å². The fraction of sp³-hybridized carbons (Fsp3) is 0.0500. The van der Waals surface area contributed by atoms with Crippen LogP contribution in [0.25, 0.3) is 22.0 Å². The van der Waals surface area contributed by atoms with E-state index in [0.717, 1.165) is 11.1 Å². The highest BCUT2D eigenvalue weighted by atomic mass is 35.5. The Labute approximate surface area is 159 Å². The third kappa shape index (κ3) is 3.22. The van der Waals surface area contributed by atoms with Crippen LogP contribution in [0.5, 0.6) is 11.5 Å². The Morgan fingerprint density at radius 2 is 1.96 bits per heavy atom. The van der Waals surface area contributed by atoms with Gasteiger partial charge in [0.25, 0.3) is 5.56 Å². The molecule has 0 saturated heterocycles. The van der Waals surface area contributed by atoms with E-state index in [1.54, 1.807) is 37.5 Å². The van der Waals surface area contributed by atoms with Gasteiger partial charge in [-0.2, -0.15) is 0 Å². The van der Waals surface area contributed by atoms with Gasteiger partial charge < -0.3 is 15.0 Å². The van der Waals surface area contributed by atoms with Crippen molar-refractivity contribution in [2.45, 2.75) is 0 Å². The second kappa shape index (κ2) is 6.74. The lowest BCUT2D eigenvalue weighted by molar-refractivity contribution is 0.482. The lowest BCUT2D eigenvalue weighted by atomic mass is 10.0. The fourth-order valence-electron chi connectivity index (χ4n) is 2.86. The number of nitrogen functional groups attached to an aromatic ring is 1. The van der Waals surface area contributed by atoms with Gasteiger partial charge in [0.1, 0.15) is 23.6 Å². The molecule has 4 rings (SSSR count). The Morgan fingerprint density at radius 1 is 1.11 bits per heavy atom. The maximum Gasteiger partial charge on any atom is 0.253 e. The van der Waals surface area contributed by atoms with Crippen LogP contribution in [0.1, 0.15) is 0 Å². The molecule has 6 nitrogen and oxygen atoms in total. The van der Waals surface area contributed by atoms with Crippen molar-refractivity contribution < 1.29 is 4.74 Å². The van der Waals surface area contributed by atoms with Crippen molar-refractivity contribution in [3.05, 3.63) is 76.4 Å². The molecule has 4 aromatic rings. The van der Waals surface area contributed by atoms with E-state index in [0.29, 0.717) is 33.2 Å². The summed E-state index contributed by atoms with van der Waals surface area (Å²) in [6.45, 7) is 0. The highest BCUT2D eigenvalue weighted by molar-refractivity contribution is 6.31. The lowest BCUT2D eigenvalue weighted by Gasteiger charge is -2.14. The first kappa shape index (κ1) is 17.1. The summed E-state index contributed by atoms with van der Waals surface area (Å²) in [6.07, 6.45) is 3.06. The Bertz CT molecular complexity index is 1220. The smallest absolute Gasteiger partial charge is 0.253 e. The number of fused-ring (bicyclic) bond motifs is 1. The molecule has 7 heteroatoms. The van der Waals surface area contributed by atoms with Crippen LogP contribution < -0.4 is 16.0 Å². The zero-order chi connectivity index (χ0) is 19.0. The minimum absolute atomic E-state index is 0.163. The molecule has 0 bridgehead atoms. The molecule has 0 aliphatic heterocycles. The first-order valence-electron chi connectivity index (χ1n) is 8.16. The number of nitrogens with two attached hydrogens (primary N) is 1. The van der Waals surface area contributed by atoms with Gasteiger partial charge >= 0.3 is 0 Å². The van der Waals surface area contributed by atoms with Crippen LogP contribution in [0.2, 0.25) is 5.02 Å². The first-order valence-corrected chi connectivity index (χ1v) is 8.54. The highest BCUT2D eigenvalue weighted by Crippen LogP contribution is 2.39. The number of benzene rings is 2. The molecule has 0 amide bonds. The number of aromatic nitrogens is 3. The van der Waals surface area contributed by atoms with Crippen LogP contribution >= 0.6 is 11.6 Å². The summed E-state index contributed by atoms with van der Waals surface area (Å²) < 4.78 is 7.50. The summed E-state index contributed by atoms with van der Waals surface area (Å²) in [7, 11) is 1.68. The van der Waals surface area contributed by atoms with Crippen molar-refractivity contribution in [2.75, 3.05) is 5.73 Å². The predicted octanol–water partition coefficient (Wildman–Crippen LogP) is 4.02. The summed E-state index contributed by atoms with van der Waals surface area (Å²) in [5, 5.41) is 1.30. The van der Waals surface area contributed by atoms with Gasteiger partial charge in [-0.3, -0.25) is 4.79 Å². The normalized spacial score (nSPS) is 10.9. The number of nitrogens with zero attached hydrogens (tertiary/aromatic N) is 3. The summed E-state index contributed by atoms with van der Waals surface area (Å²) in [6, 6.07) is 14.1. The van der Waals surface area contributed by atoms with Gasteiger partial charge in [-0.1, -0.05) is 23.7 Å². The quantitative estimate of drug-likeness (QED) is 0.582. The molecular formula is C20H15ClN4O2. The second-order valence-electron chi connectivity index (χ2n) is 6.02. The molecule has 134 valence electrons. The highest BCUT2D eigenvalue weighted by Gasteiger charge is 2.16. The maximum absolute atomic E-state index is 11.9. The van der Waals surface area contributed by atoms with E-state index in [1.807, 2.05) is 18.2 Å². The molecule has 0 fully saturated rings. The first-order chi connectivity index (χ1) is 13.0. The number of aryl methyl sites for hydroxylation is 1. The van der Waals surface area contributed by atoms with Crippen molar-refractivity contribution in [1.29, 1.82) is 0 Å². The molecule has 0 aliphatic rings. The standard InChI is InChI=1S/C20H15ClN4O2/c1-25-8-7-14(10-17(25)26)27-16-6-5-15-19(23-11-24-20(15)22)18(16)12-3-2-4-13(21)9-12/h2-11H,1H3,(H2,22,23,24). The van der Waals surface area contributed by atoms with E-state index in [2.05, 4.69) is 9.97 Å². The van der Waals surface area contributed by atoms with E-state index >= 15 is 0 Å². The Hall–Kier alpha value is -3.38. The topological polar surface area (TPSA) is 83.0 Å². The summed E-state index contributed by atoms with van der Waals surface area (Å²) in [5.74, 6) is 1.35. The van der Waals surface area contributed by atoms with Crippen LogP contribution in [-0.4, -0.2) is 14.5 Å². The zero-order valence-electron chi connectivity index (χ0n) is 14.4. The van der Waals surface area contributed by atoms with E-state index in [4.69, 9.17) is 22.1 Å². The Balaban J connectivity index is 1.95. The molecule has 2 aromatic heterocycles. The third-order valence-electron chi connectivity index (χ3n) is 4.22. The van der Waals surface area contributed by atoms with Crippen LogP contribution in [0.15, 0.2) is 65.8 Å². The largest absolute Gasteiger partial charge is 0.456 e.